The molecule has 0 atom stereocenters. The maximum atomic E-state index is 11.9. The quantitative estimate of drug-likeness (QED) is 0.749. The first-order valence-corrected chi connectivity index (χ1v) is 7.31. The van der Waals surface area contributed by atoms with Gasteiger partial charge in [-0.15, -0.1) is 11.3 Å². The van der Waals surface area contributed by atoms with Crippen molar-refractivity contribution in [2.24, 2.45) is 0 Å². The smallest absolute Gasteiger partial charge is 0.268 e. The molecule has 0 aliphatic heterocycles. The second kappa shape index (κ2) is 6.02. The van der Waals surface area contributed by atoms with Crippen LogP contribution in [0.5, 0.6) is 5.88 Å². The van der Waals surface area contributed by atoms with E-state index in [0.29, 0.717) is 29.5 Å². The van der Waals surface area contributed by atoms with E-state index in [1.807, 2.05) is 23.6 Å². The van der Waals surface area contributed by atoms with Gasteiger partial charge in [0.25, 0.3) is 5.56 Å². The number of pyridine rings is 1. The number of H-pyrrole nitrogens is 1. The molecule has 0 amide bonds. The molecule has 0 unspecified atom stereocenters. The zero-order chi connectivity index (χ0) is 14.7. The maximum absolute atomic E-state index is 11.9. The molecular formula is C14H14N4O2S. The number of rotatable bonds is 5. The van der Waals surface area contributed by atoms with Crippen LogP contribution in [0.25, 0.3) is 10.2 Å². The van der Waals surface area contributed by atoms with Gasteiger partial charge in [-0.1, -0.05) is 6.07 Å². The molecular weight excluding hydrogens is 288 g/mol. The van der Waals surface area contributed by atoms with E-state index in [4.69, 9.17) is 4.74 Å². The van der Waals surface area contributed by atoms with Crippen molar-refractivity contribution >= 4 is 21.6 Å². The average Bonchev–Trinajstić information content (AvgIpc) is 2.97. The number of aromatic nitrogens is 3. The van der Waals surface area contributed by atoms with Crippen molar-refractivity contribution in [2.75, 3.05) is 7.11 Å². The summed E-state index contributed by atoms with van der Waals surface area (Å²) in [4.78, 5) is 23.2. The van der Waals surface area contributed by atoms with Gasteiger partial charge in [0.05, 0.1) is 19.2 Å². The Morgan fingerprint density at radius 2 is 2.29 bits per heavy atom. The maximum Gasteiger partial charge on any atom is 0.268 e. The number of fused-ring (bicyclic) bond motifs is 1. The summed E-state index contributed by atoms with van der Waals surface area (Å²) in [7, 11) is 1.59. The zero-order valence-corrected chi connectivity index (χ0v) is 12.2. The van der Waals surface area contributed by atoms with E-state index in [1.54, 1.807) is 13.3 Å². The van der Waals surface area contributed by atoms with E-state index in [1.165, 1.54) is 11.3 Å². The molecule has 6 nitrogen and oxygen atoms in total. The van der Waals surface area contributed by atoms with Crippen molar-refractivity contribution in [3.8, 4) is 5.88 Å². The van der Waals surface area contributed by atoms with Crippen LogP contribution in [0.15, 0.2) is 34.6 Å². The van der Waals surface area contributed by atoms with Crippen LogP contribution in [0.3, 0.4) is 0 Å². The zero-order valence-electron chi connectivity index (χ0n) is 11.4. The molecule has 0 bridgehead atoms. The Morgan fingerprint density at radius 3 is 3.14 bits per heavy atom. The molecule has 0 saturated heterocycles. The molecule has 0 saturated carbocycles. The van der Waals surface area contributed by atoms with Crippen molar-refractivity contribution in [3.05, 3.63) is 51.5 Å². The third kappa shape index (κ3) is 2.93. The van der Waals surface area contributed by atoms with Crippen LogP contribution in [0.1, 0.15) is 11.4 Å². The van der Waals surface area contributed by atoms with Crippen molar-refractivity contribution < 1.29 is 4.74 Å². The van der Waals surface area contributed by atoms with E-state index < -0.39 is 0 Å². The van der Waals surface area contributed by atoms with Gasteiger partial charge in [-0.3, -0.25) is 4.79 Å². The first-order chi connectivity index (χ1) is 10.3. The van der Waals surface area contributed by atoms with Crippen LogP contribution >= 0.6 is 11.3 Å². The van der Waals surface area contributed by atoms with Gasteiger partial charge in [0.15, 0.2) is 0 Å². The molecule has 2 N–H and O–H groups in total. The van der Waals surface area contributed by atoms with Gasteiger partial charge in [-0.2, -0.15) is 0 Å². The highest BCUT2D eigenvalue weighted by Crippen LogP contribution is 2.14. The van der Waals surface area contributed by atoms with Gasteiger partial charge in [0, 0.05) is 18.3 Å². The van der Waals surface area contributed by atoms with E-state index in [-0.39, 0.29) is 5.56 Å². The van der Waals surface area contributed by atoms with E-state index >= 15 is 0 Å². The highest BCUT2D eigenvalue weighted by molar-refractivity contribution is 7.17. The van der Waals surface area contributed by atoms with Crippen molar-refractivity contribution in [1.82, 2.24) is 20.3 Å². The average molecular weight is 302 g/mol. The first-order valence-electron chi connectivity index (χ1n) is 6.43. The van der Waals surface area contributed by atoms with Crippen LogP contribution in [0.2, 0.25) is 0 Å². The SMILES string of the molecule is COc1ncccc1CNCc1nc2ccsc2c(=O)[nH]1. The fraction of sp³-hybridized carbons (Fsp3) is 0.214. The topological polar surface area (TPSA) is 79.9 Å². The minimum absolute atomic E-state index is 0.0919. The molecule has 7 heteroatoms. The molecule has 0 radical (unpaired) electrons. The molecule has 21 heavy (non-hydrogen) atoms. The summed E-state index contributed by atoms with van der Waals surface area (Å²) in [6.07, 6.45) is 1.69. The standard InChI is InChI=1S/C14H14N4O2S/c1-20-14-9(3-2-5-16-14)7-15-8-11-17-10-4-6-21-12(10)13(19)18-11/h2-6,15H,7-8H2,1H3,(H,17,18,19). The molecule has 0 aliphatic rings. The Bertz CT molecular complexity index is 812. The molecule has 3 aromatic rings. The van der Waals surface area contributed by atoms with Crippen LogP contribution in [-0.2, 0) is 13.1 Å². The second-order valence-electron chi connectivity index (χ2n) is 4.42. The molecule has 3 aromatic heterocycles. The summed E-state index contributed by atoms with van der Waals surface area (Å²) in [5.41, 5.74) is 1.60. The van der Waals surface area contributed by atoms with Gasteiger partial charge in [-0.05, 0) is 17.5 Å². The highest BCUT2D eigenvalue weighted by Gasteiger charge is 2.06. The lowest BCUT2D eigenvalue weighted by Gasteiger charge is -2.08. The predicted molar refractivity (Wildman–Crippen MR) is 81.6 cm³/mol. The summed E-state index contributed by atoms with van der Waals surface area (Å²) in [5, 5.41) is 5.09. The van der Waals surface area contributed by atoms with Crippen molar-refractivity contribution in [1.29, 1.82) is 0 Å². The molecule has 0 aromatic carbocycles. The monoisotopic (exact) mass is 302 g/mol. The third-order valence-corrected chi connectivity index (χ3v) is 3.92. The number of ether oxygens (including phenoxy) is 1. The Balaban J connectivity index is 1.70. The number of hydrogen-bond donors (Lipinski definition) is 2. The number of thiophene rings is 1. The van der Waals surface area contributed by atoms with Gasteiger partial charge in [0.1, 0.15) is 10.5 Å². The Labute approximate surface area is 124 Å². The van der Waals surface area contributed by atoms with Gasteiger partial charge in [-0.25, -0.2) is 9.97 Å². The van der Waals surface area contributed by atoms with E-state index in [0.717, 1.165) is 11.1 Å². The predicted octanol–water partition coefficient (Wildman–Crippen LogP) is 1.68. The van der Waals surface area contributed by atoms with E-state index in [2.05, 4.69) is 20.3 Å². The number of aromatic amines is 1. The Morgan fingerprint density at radius 1 is 1.38 bits per heavy atom. The molecule has 3 rings (SSSR count). The minimum atomic E-state index is -0.0919. The largest absolute Gasteiger partial charge is 0.481 e. The fourth-order valence-electron chi connectivity index (χ4n) is 2.06. The molecule has 0 spiro atoms. The molecule has 0 fully saturated rings. The summed E-state index contributed by atoms with van der Waals surface area (Å²) < 4.78 is 5.85. The summed E-state index contributed by atoms with van der Waals surface area (Å²) in [6, 6.07) is 5.65. The van der Waals surface area contributed by atoms with Crippen LogP contribution in [-0.4, -0.2) is 22.1 Å². The van der Waals surface area contributed by atoms with Crippen LogP contribution in [0, 0.1) is 0 Å². The molecule has 108 valence electrons. The fourth-order valence-corrected chi connectivity index (χ4v) is 2.79. The Hall–Kier alpha value is -2.25. The van der Waals surface area contributed by atoms with Crippen LogP contribution in [0.4, 0.5) is 0 Å². The highest BCUT2D eigenvalue weighted by atomic mass is 32.1. The molecule has 0 aliphatic carbocycles. The third-order valence-electron chi connectivity index (χ3n) is 3.02. The van der Waals surface area contributed by atoms with Gasteiger partial charge in [0.2, 0.25) is 5.88 Å². The summed E-state index contributed by atoms with van der Waals surface area (Å²) in [6.45, 7) is 1.06. The number of nitrogens with zero attached hydrogens (tertiary/aromatic N) is 2. The molecule has 3 heterocycles. The van der Waals surface area contributed by atoms with Gasteiger partial charge >= 0.3 is 0 Å². The van der Waals surface area contributed by atoms with Crippen molar-refractivity contribution in [3.63, 3.8) is 0 Å². The minimum Gasteiger partial charge on any atom is -0.481 e. The second-order valence-corrected chi connectivity index (χ2v) is 5.34. The summed E-state index contributed by atoms with van der Waals surface area (Å²) >= 11 is 1.40. The number of hydrogen-bond acceptors (Lipinski definition) is 6. The first kappa shape index (κ1) is 13.7. The Kier molecular flexibility index (Phi) is 3.94. The number of methoxy groups -OCH3 is 1. The number of nitrogens with one attached hydrogen (secondary N) is 2. The van der Waals surface area contributed by atoms with Crippen LogP contribution < -0.4 is 15.6 Å². The van der Waals surface area contributed by atoms with E-state index in [9.17, 15) is 4.79 Å². The lowest BCUT2D eigenvalue weighted by atomic mass is 10.2. The lowest BCUT2D eigenvalue weighted by Crippen LogP contribution is -2.19. The summed E-state index contributed by atoms with van der Waals surface area (Å²) in [5.74, 6) is 1.22. The van der Waals surface area contributed by atoms with Crippen molar-refractivity contribution in [2.45, 2.75) is 13.1 Å². The lowest BCUT2D eigenvalue weighted by molar-refractivity contribution is 0.390. The normalized spacial score (nSPS) is 10.9. The van der Waals surface area contributed by atoms with Gasteiger partial charge < -0.3 is 15.0 Å².